The molecule has 22 heavy (non-hydrogen) atoms. The zero-order valence-corrected chi connectivity index (χ0v) is 12.9. The molecule has 0 amide bonds. The van der Waals surface area contributed by atoms with Crippen molar-refractivity contribution in [2.24, 2.45) is 4.99 Å². The molecular formula is C19H22N2O. The predicted octanol–water partition coefficient (Wildman–Crippen LogP) is 4.04. The lowest BCUT2D eigenvalue weighted by atomic mass is 9.94. The molecule has 3 nitrogen and oxygen atoms in total. The molecule has 3 heteroatoms. The van der Waals surface area contributed by atoms with E-state index in [1.165, 1.54) is 5.56 Å². The topological polar surface area (TPSA) is 44.6 Å². The number of aliphatic imine (C=N–C) groups is 1. The lowest BCUT2D eigenvalue weighted by Crippen LogP contribution is -2.38. The molecule has 0 saturated carbocycles. The molecule has 2 aromatic rings. The standard InChI is InChI=1S/C19H22N2O/c1-2-8-19-20-16(14-9-4-3-5-10-14)13-17(21-19)15-11-6-7-12-18(15)22/h3-7,9-12,17,19,21-22H,2,8,13H2,1H3/t17-,19-/m0/s1. The first-order valence-electron chi connectivity index (χ1n) is 7.94. The van der Waals surface area contributed by atoms with Crippen molar-refractivity contribution in [3.05, 3.63) is 65.7 Å². The van der Waals surface area contributed by atoms with Crippen molar-refractivity contribution in [1.29, 1.82) is 0 Å². The number of nitrogens with one attached hydrogen (secondary N) is 1. The summed E-state index contributed by atoms with van der Waals surface area (Å²) in [4.78, 5) is 4.87. The van der Waals surface area contributed by atoms with Crippen LogP contribution in [0.15, 0.2) is 59.6 Å². The molecule has 1 heterocycles. The first-order chi connectivity index (χ1) is 10.8. The van der Waals surface area contributed by atoms with E-state index in [0.717, 1.165) is 30.5 Å². The molecule has 0 unspecified atom stereocenters. The molecule has 3 rings (SSSR count). The van der Waals surface area contributed by atoms with E-state index in [-0.39, 0.29) is 12.2 Å². The van der Waals surface area contributed by atoms with Crippen molar-refractivity contribution in [3.8, 4) is 5.75 Å². The molecule has 0 saturated heterocycles. The van der Waals surface area contributed by atoms with Crippen LogP contribution in [0, 0.1) is 0 Å². The number of phenolic OH excluding ortho intramolecular Hbond substituents is 1. The summed E-state index contributed by atoms with van der Waals surface area (Å²) in [6.45, 7) is 2.17. The van der Waals surface area contributed by atoms with Gasteiger partial charge < -0.3 is 5.11 Å². The molecule has 0 radical (unpaired) electrons. The highest BCUT2D eigenvalue weighted by atomic mass is 16.3. The zero-order valence-electron chi connectivity index (χ0n) is 12.9. The van der Waals surface area contributed by atoms with Crippen LogP contribution in [0.1, 0.15) is 43.4 Å². The Morgan fingerprint density at radius 1 is 1.09 bits per heavy atom. The number of aromatic hydroxyl groups is 1. The van der Waals surface area contributed by atoms with Crippen molar-refractivity contribution < 1.29 is 5.11 Å². The van der Waals surface area contributed by atoms with Gasteiger partial charge in [0.25, 0.3) is 0 Å². The van der Waals surface area contributed by atoms with E-state index < -0.39 is 0 Å². The number of rotatable bonds is 4. The van der Waals surface area contributed by atoms with Gasteiger partial charge in [-0.2, -0.15) is 0 Å². The van der Waals surface area contributed by atoms with E-state index in [9.17, 15) is 5.11 Å². The Labute approximate surface area is 131 Å². The molecule has 0 fully saturated rings. The van der Waals surface area contributed by atoms with Crippen LogP contribution in [0.3, 0.4) is 0 Å². The largest absolute Gasteiger partial charge is 0.508 e. The third-order valence-electron chi connectivity index (χ3n) is 4.08. The Bertz CT molecular complexity index is 651. The lowest BCUT2D eigenvalue weighted by molar-refractivity contribution is 0.391. The van der Waals surface area contributed by atoms with Gasteiger partial charge in [0.05, 0.1) is 0 Å². The SMILES string of the molecule is CCC[C@H]1N=C(c2ccccc2)C[C@@H](c2ccccc2O)N1. The summed E-state index contributed by atoms with van der Waals surface area (Å²) in [5.74, 6) is 0.351. The quantitative estimate of drug-likeness (QED) is 0.893. The monoisotopic (exact) mass is 294 g/mol. The summed E-state index contributed by atoms with van der Waals surface area (Å²) < 4.78 is 0. The zero-order chi connectivity index (χ0) is 15.4. The summed E-state index contributed by atoms with van der Waals surface area (Å²) >= 11 is 0. The van der Waals surface area contributed by atoms with Gasteiger partial charge in [-0.3, -0.25) is 10.3 Å². The highest BCUT2D eigenvalue weighted by Crippen LogP contribution is 2.31. The second kappa shape index (κ2) is 6.75. The fourth-order valence-corrected chi connectivity index (χ4v) is 2.99. The summed E-state index contributed by atoms with van der Waals surface area (Å²) in [6.07, 6.45) is 2.98. The first-order valence-corrected chi connectivity index (χ1v) is 7.94. The third kappa shape index (κ3) is 3.20. The van der Waals surface area contributed by atoms with Crippen molar-refractivity contribution in [1.82, 2.24) is 5.32 Å². The van der Waals surface area contributed by atoms with Crippen LogP contribution in [-0.2, 0) is 0 Å². The minimum atomic E-state index is 0.102. The average molecular weight is 294 g/mol. The van der Waals surface area contributed by atoms with Gasteiger partial charge in [-0.15, -0.1) is 0 Å². The third-order valence-corrected chi connectivity index (χ3v) is 4.08. The van der Waals surface area contributed by atoms with Gasteiger partial charge in [-0.25, -0.2) is 0 Å². The first kappa shape index (κ1) is 14.8. The summed E-state index contributed by atoms with van der Waals surface area (Å²) in [5.41, 5.74) is 3.24. The number of hydrogen-bond donors (Lipinski definition) is 2. The second-order valence-electron chi connectivity index (χ2n) is 5.73. The maximum atomic E-state index is 10.2. The second-order valence-corrected chi connectivity index (χ2v) is 5.73. The number of para-hydroxylation sites is 1. The number of phenols is 1. The van der Waals surface area contributed by atoms with Crippen LogP contribution in [0.25, 0.3) is 0 Å². The number of hydrogen-bond acceptors (Lipinski definition) is 3. The van der Waals surface area contributed by atoms with Gasteiger partial charge in [0, 0.05) is 23.7 Å². The van der Waals surface area contributed by atoms with Gasteiger partial charge >= 0.3 is 0 Å². The van der Waals surface area contributed by atoms with E-state index >= 15 is 0 Å². The normalized spacial score (nSPS) is 21.4. The molecule has 1 aliphatic heterocycles. The molecule has 1 aliphatic rings. The fraction of sp³-hybridized carbons (Fsp3) is 0.316. The van der Waals surface area contributed by atoms with Gasteiger partial charge in [0.1, 0.15) is 11.9 Å². The Morgan fingerprint density at radius 2 is 1.82 bits per heavy atom. The Hall–Kier alpha value is -2.13. The molecule has 2 N–H and O–H groups in total. The van der Waals surface area contributed by atoms with Gasteiger partial charge in [-0.1, -0.05) is 61.9 Å². The van der Waals surface area contributed by atoms with Crippen LogP contribution in [-0.4, -0.2) is 17.0 Å². The minimum absolute atomic E-state index is 0.102. The molecule has 2 atom stereocenters. The van der Waals surface area contributed by atoms with Gasteiger partial charge in [0.2, 0.25) is 0 Å². The fourth-order valence-electron chi connectivity index (χ4n) is 2.99. The minimum Gasteiger partial charge on any atom is -0.508 e. The number of nitrogens with zero attached hydrogens (tertiary/aromatic N) is 1. The molecule has 2 aromatic carbocycles. The Balaban J connectivity index is 1.92. The predicted molar refractivity (Wildman–Crippen MR) is 90.3 cm³/mol. The van der Waals surface area contributed by atoms with Crippen LogP contribution in [0.5, 0.6) is 5.75 Å². The van der Waals surface area contributed by atoms with Crippen molar-refractivity contribution in [2.45, 2.75) is 38.4 Å². The Morgan fingerprint density at radius 3 is 2.55 bits per heavy atom. The van der Waals surface area contributed by atoms with Crippen LogP contribution >= 0.6 is 0 Å². The smallest absolute Gasteiger partial charge is 0.120 e. The molecule has 0 spiro atoms. The van der Waals surface area contributed by atoms with E-state index in [2.05, 4.69) is 24.4 Å². The van der Waals surface area contributed by atoms with E-state index in [1.807, 2.05) is 36.4 Å². The molecular weight excluding hydrogens is 272 g/mol. The highest BCUT2D eigenvalue weighted by molar-refractivity contribution is 6.01. The van der Waals surface area contributed by atoms with Crippen molar-refractivity contribution >= 4 is 5.71 Å². The van der Waals surface area contributed by atoms with E-state index in [0.29, 0.717) is 5.75 Å². The summed E-state index contributed by atoms with van der Waals surface area (Å²) in [5, 5.41) is 13.7. The average Bonchev–Trinajstić information content (AvgIpc) is 2.56. The molecule has 114 valence electrons. The highest BCUT2D eigenvalue weighted by Gasteiger charge is 2.25. The molecule has 0 aliphatic carbocycles. The Kier molecular flexibility index (Phi) is 4.54. The lowest BCUT2D eigenvalue weighted by Gasteiger charge is -2.30. The maximum Gasteiger partial charge on any atom is 0.120 e. The van der Waals surface area contributed by atoms with Crippen LogP contribution in [0.4, 0.5) is 0 Å². The van der Waals surface area contributed by atoms with Crippen LogP contribution in [0.2, 0.25) is 0 Å². The molecule has 0 bridgehead atoms. The maximum absolute atomic E-state index is 10.2. The van der Waals surface area contributed by atoms with E-state index in [1.54, 1.807) is 6.07 Å². The number of benzene rings is 2. The summed E-state index contributed by atoms with van der Waals surface area (Å²) in [7, 11) is 0. The van der Waals surface area contributed by atoms with Crippen molar-refractivity contribution in [3.63, 3.8) is 0 Å². The summed E-state index contributed by atoms with van der Waals surface area (Å²) in [6, 6.07) is 18.0. The molecule has 0 aromatic heterocycles. The van der Waals surface area contributed by atoms with Gasteiger partial charge in [0.15, 0.2) is 0 Å². The van der Waals surface area contributed by atoms with Crippen molar-refractivity contribution in [2.75, 3.05) is 0 Å². The van der Waals surface area contributed by atoms with Crippen LogP contribution < -0.4 is 5.32 Å². The van der Waals surface area contributed by atoms with E-state index in [4.69, 9.17) is 4.99 Å². The van der Waals surface area contributed by atoms with Gasteiger partial charge in [-0.05, 0) is 18.1 Å².